The lowest BCUT2D eigenvalue weighted by atomic mass is 9.77. The highest BCUT2D eigenvalue weighted by molar-refractivity contribution is 5.72. The van der Waals surface area contributed by atoms with Crippen LogP contribution in [0.25, 0.3) is 0 Å². The third kappa shape index (κ3) is 3.52. The van der Waals surface area contributed by atoms with E-state index in [1.54, 1.807) is 0 Å². The molecule has 0 aromatic heterocycles. The number of hydrogen-bond donors (Lipinski definition) is 0. The predicted molar refractivity (Wildman–Crippen MR) is 57.0 cm³/mol. The van der Waals surface area contributed by atoms with Crippen molar-refractivity contribution >= 4 is 5.97 Å². The average Bonchev–Trinajstić information content (AvgIpc) is 2.02. The number of ether oxygens (including phenoxy) is 1. The van der Waals surface area contributed by atoms with Crippen LogP contribution in [0.1, 0.15) is 46.5 Å². The summed E-state index contributed by atoms with van der Waals surface area (Å²) >= 11 is 0. The fourth-order valence-electron chi connectivity index (χ4n) is 1.97. The predicted octanol–water partition coefficient (Wildman–Crippen LogP) is 3.08. The van der Waals surface area contributed by atoms with Gasteiger partial charge < -0.3 is 4.74 Å². The highest BCUT2D eigenvalue weighted by Crippen LogP contribution is 2.36. The molecule has 0 unspecified atom stereocenters. The van der Waals surface area contributed by atoms with E-state index in [2.05, 4.69) is 19.9 Å². The van der Waals surface area contributed by atoms with Crippen LogP contribution < -0.4 is 0 Å². The molecule has 0 amide bonds. The molecule has 0 saturated carbocycles. The van der Waals surface area contributed by atoms with Crippen molar-refractivity contribution in [1.29, 1.82) is 0 Å². The summed E-state index contributed by atoms with van der Waals surface area (Å²) in [5, 5.41) is 0. The first kappa shape index (κ1) is 11.3. The second-order valence-corrected chi connectivity index (χ2v) is 4.72. The van der Waals surface area contributed by atoms with Crippen LogP contribution in [-0.2, 0) is 9.53 Å². The van der Waals surface area contributed by atoms with Crippen molar-refractivity contribution in [2.24, 2.45) is 5.41 Å². The first-order valence-corrected chi connectivity index (χ1v) is 5.37. The second kappa shape index (κ2) is 4.63. The van der Waals surface area contributed by atoms with Gasteiger partial charge in [0.1, 0.15) is 0 Å². The monoisotopic (exact) mass is 196 g/mol. The molecule has 0 radical (unpaired) electrons. The summed E-state index contributed by atoms with van der Waals surface area (Å²) in [6.45, 7) is 6.84. The van der Waals surface area contributed by atoms with E-state index in [0.717, 1.165) is 12.8 Å². The summed E-state index contributed by atoms with van der Waals surface area (Å²) in [6.07, 6.45) is 6.03. The highest BCUT2D eigenvalue weighted by atomic mass is 16.5. The lowest BCUT2D eigenvalue weighted by Crippen LogP contribution is -2.17. The van der Waals surface area contributed by atoms with E-state index < -0.39 is 0 Å². The molecular formula is C12H20O2. The van der Waals surface area contributed by atoms with Crippen molar-refractivity contribution in [2.75, 3.05) is 6.61 Å². The van der Waals surface area contributed by atoms with Gasteiger partial charge in [-0.15, -0.1) is 0 Å². The van der Waals surface area contributed by atoms with E-state index in [1.165, 1.54) is 12.0 Å². The maximum atomic E-state index is 11.3. The molecule has 0 saturated heterocycles. The number of esters is 1. The molecule has 0 atom stereocenters. The zero-order valence-electron chi connectivity index (χ0n) is 9.43. The van der Waals surface area contributed by atoms with Crippen LogP contribution in [0.3, 0.4) is 0 Å². The minimum absolute atomic E-state index is 0.0866. The van der Waals surface area contributed by atoms with Crippen LogP contribution >= 0.6 is 0 Å². The Hall–Kier alpha value is -0.790. The average molecular weight is 196 g/mol. The third-order valence-corrected chi connectivity index (χ3v) is 2.64. The lowest BCUT2D eigenvalue weighted by Gasteiger charge is -2.29. The molecule has 0 aromatic carbocycles. The highest BCUT2D eigenvalue weighted by Gasteiger charge is 2.23. The molecule has 2 nitrogen and oxygen atoms in total. The summed E-state index contributed by atoms with van der Waals surface area (Å²) in [5.74, 6) is -0.0866. The molecule has 0 fully saturated rings. The Kier molecular flexibility index (Phi) is 3.73. The van der Waals surface area contributed by atoms with Gasteiger partial charge >= 0.3 is 5.97 Å². The van der Waals surface area contributed by atoms with Crippen molar-refractivity contribution < 1.29 is 9.53 Å². The Labute approximate surface area is 86.3 Å². The van der Waals surface area contributed by atoms with Crippen molar-refractivity contribution in [1.82, 2.24) is 0 Å². The summed E-state index contributed by atoms with van der Waals surface area (Å²) in [6, 6.07) is 0. The molecule has 0 bridgehead atoms. The standard InChI is InChI=1S/C12H20O2/c1-4-14-11(13)8-10-6-5-7-12(2,3)9-10/h6H,4-5,7-9H2,1-3H3. The van der Waals surface area contributed by atoms with Gasteiger partial charge in [0.15, 0.2) is 0 Å². The zero-order valence-corrected chi connectivity index (χ0v) is 9.43. The van der Waals surface area contributed by atoms with E-state index in [0.29, 0.717) is 18.4 Å². The van der Waals surface area contributed by atoms with Crippen LogP contribution in [0.2, 0.25) is 0 Å². The fourth-order valence-corrected chi connectivity index (χ4v) is 1.97. The second-order valence-electron chi connectivity index (χ2n) is 4.72. The quantitative estimate of drug-likeness (QED) is 0.512. The molecule has 14 heavy (non-hydrogen) atoms. The minimum atomic E-state index is -0.0866. The van der Waals surface area contributed by atoms with Crippen LogP contribution in [0.5, 0.6) is 0 Å². The van der Waals surface area contributed by atoms with Crippen LogP contribution in [0, 0.1) is 5.41 Å². The molecule has 0 aromatic rings. The Bertz CT molecular complexity index is 239. The summed E-state index contributed by atoms with van der Waals surface area (Å²) in [5.41, 5.74) is 1.61. The van der Waals surface area contributed by atoms with Crippen molar-refractivity contribution in [3.63, 3.8) is 0 Å². The van der Waals surface area contributed by atoms with E-state index in [-0.39, 0.29) is 5.97 Å². The molecule has 0 heterocycles. The number of rotatable bonds is 3. The maximum absolute atomic E-state index is 11.3. The fraction of sp³-hybridized carbons (Fsp3) is 0.750. The molecule has 1 aliphatic rings. The Balaban J connectivity index is 2.45. The Morgan fingerprint density at radius 2 is 2.29 bits per heavy atom. The number of carbonyl (C=O) groups excluding carboxylic acids is 1. The van der Waals surface area contributed by atoms with Gasteiger partial charge in [0, 0.05) is 0 Å². The first-order chi connectivity index (χ1) is 6.53. The zero-order chi connectivity index (χ0) is 10.6. The molecule has 0 aliphatic heterocycles. The summed E-state index contributed by atoms with van der Waals surface area (Å²) in [7, 11) is 0. The Morgan fingerprint density at radius 1 is 1.57 bits per heavy atom. The normalized spacial score (nSPS) is 20.1. The number of allylic oxidation sites excluding steroid dienone is 1. The number of hydrogen-bond acceptors (Lipinski definition) is 2. The summed E-state index contributed by atoms with van der Waals surface area (Å²) in [4.78, 5) is 11.3. The topological polar surface area (TPSA) is 26.3 Å². The van der Waals surface area contributed by atoms with Gasteiger partial charge in [-0.1, -0.05) is 25.5 Å². The molecule has 1 aliphatic carbocycles. The molecule has 2 heteroatoms. The molecule has 80 valence electrons. The van der Waals surface area contributed by atoms with Crippen molar-refractivity contribution in [3.8, 4) is 0 Å². The van der Waals surface area contributed by atoms with Gasteiger partial charge in [0.25, 0.3) is 0 Å². The Morgan fingerprint density at radius 3 is 2.86 bits per heavy atom. The van der Waals surface area contributed by atoms with Crippen LogP contribution in [0.15, 0.2) is 11.6 Å². The van der Waals surface area contributed by atoms with Crippen molar-refractivity contribution in [2.45, 2.75) is 46.5 Å². The first-order valence-electron chi connectivity index (χ1n) is 5.37. The van der Waals surface area contributed by atoms with Gasteiger partial charge in [-0.25, -0.2) is 0 Å². The largest absolute Gasteiger partial charge is 0.466 e. The van der Waals surface area contributed by atoms with E-state index in [9.17, 15) is 4.79 Å². The smallest absolute Gasteiger partial charge is 0.309 e. The molecule has 0 spiro atoms. The van der Waals surface area contributed by atoms with E-state index >= 15 is 0 Å². The van der Waals surface area contributed by atoms with E-state index in [1.807, 2.05) is 6.92 Å². The third-order valence-electron chi connectivity index (χ3n) is 2.64. The maximum Gasteiger partial charge on any atom is 0.309 e. The van der Waals surface area contributed by atoms with Crippen LogP contribution in [0.4, 0.5) is 0 Å². The number of carbonyl (C=O) groups is 1. The van der Waals surface area contributed by atoms with Crippen LogP contribution in [-0.4, -0.2) is 12.6 Å². The molecular weight excluding hydrogens is 176 g/mol. The van der Waals surface area contributed by atoms with Gasteiger partial charge in [0.05, 0.1) is 13.0 Å². The van der Waals surface area contributed by atoms with Gasteiger partial charge in [0.2, 0.25) is 0 Å². The minimum Gasteiger partial charge on any atom is -0.466 e. The van der Waals surface area contributed by atoms with Gasteiger partial charge in [-0.2, -0.15) is 0 Å². The lowest BCUT2D eigenvalue weighted by molar-refractivity contribution is -0.142. The molecule has 1 rings (SSSR count). The van der Waals surface area contributed by atoms with E-state index in [4.69, 9.17) is 4.74 Å². The van der Waals surface area contributed by atoms with Crippen molar-refractivity contribution in [3.05, 3.63) is 11.6 Å². The van der Waals surface area contributed by atoms with Gasteiger partial charge in [-0.05, 0) is 31.6 Å². The molecule has 0 N–H and O–H groups in total. The SMILES string of the molecule is CCOC(=O)CC1=CCCC(C)(C)C1. The van der Waals surface area contributed by atoms with Gasteiger partial charge in [-0.3, -0.25) is 4.79 Å². The summed E-state index contributed by atoms with van der Waals surface area (Å²) < 4.78 is 4.93.